The third kappa shape index (κ3) is 5.09. The van der Waals surface area contributed by atoms with Crippen molar-refractivity contribution in [2.24, 2.45) is 5.92 Å². The Labute approximate surface area is 219 Å². The van der Waals surface area contributed by atoms with Crippen LogP contribution in [0.5, 0.6) is 23.0 Å². The van der Waals surface area contributed by atoms with Gasteiger partial charge in [-0.3, -0.25) is 4.90 Å². The molecule has 1 fully saturated rings. The van der Waals surface area contributed by atoms with Crippen molar-refractivity contribution in [1.29, 1.82) is 0 Å². The van der Waals surface area contributed by atoms with Crippen LogP contribution in [-0.4, -0.2) is 40.9 Å². The molecule has 5 heteroatoms. The molecule has 0 spiro atoms. The molecule has 3 aromatic carbocycles. The van der Waals surface area contributed by atoms with Crippen LogP contribution in [0, 0.1) is 5.92 Å². The maximum Gasteiger partial charge on any atom is 0.150 e. The lowest BCUT2D eigenvalue weighted by Gasteiger charge is -2.32. The molecule has 3 atom stereocenters. The first-order chi connectivity index (χ1) is 17.8. The van der Waals surface area contributed by atoms with Crippen LogP contribution >= 0.6 is 0 Å². The predicted octanol–water partition coefficient (Wildman–Crippen LogP) is 6.91. The van der Waals surface area contributed by atoms with E-state index in [0.29, 0.717) is 18.4 Å². The summed E-state index contributed by atoms with van der Waals surface area (Å²) < 4.78 is 12.8. The number of rotatable bonds is 7. The van der Waals surface area contributed by atoms with Gasteiger partial charge >= 0.3 is 0 Å². The first-order valence-corrected chi connectivity index (χ1v) is 13.0. The second kappa shape index (κ2) is 10.3. The van der Waals surface area contributed by atoms with Crippen molar-refractivity contribution < 1.29 is 19.7 Å². The van der Waals surface area contributed by atoms with E-state index in [2.05, 4.69) is 25.3 Å². The van der Waals surface area contributed by atoms with Crippen molar-refractivity contribution in [2.75, 3.05) is 19.7 Å². The summed E-state index contributed by atoms with van der Waals surface area (Å²) >= 11 is 0. The Bertz CT molecular complexity index is 1340. The van der Waals surface area contributed by atoms with Crippen molar-refractivity contribution >= 4 is 17.2 Å². The van der Waals surface area contributed by atoms with Crippen LogP contribution < -0.4 is 9.47 Å². The smallest absolute Gasteiger partial charge is 0.150 e. The van der Waals surface area contributed by atoms with E-state index in [9.17, 15) is 10.2 Å². The molecule has 0 amide bonds. The number of hydrogen-bond donors (Lipinski definition) is 2. The molecule has 0 radical (unpaired) electrons. The minimum Gasteiger partial charge on any atom is -0.508 e. The van der Waals surface area contributed by atoms with E-state index in [1.165, 1.54) is 6.42 Å². The molecular weight excluding hydrogens is 462 g/mol. The Kier molecular flexibility index (Phi) is 6.98. The molecule has 5 nitrogen and oxygen atoms in total. The fourth-order valence-electron chi connectivity index (χ4n) is 5.45. The molecule has 0 bridgehead atoms. The van der Waals surface area contributed by atoms with E-state index in [1.54, 1.807) is 30.3 Å². The molecule has 192 valence electrons. The Morgan fingerprint density at radius 3 is 2.65 bits per heavy atom. The molecule has 5 rings (SSSR count). The highest BCUT2D eigenvalue weighted by Crippen LogP contribution is 2.48. The highest BCUT2D eigenvalue weighted by Gasteiger charge is 2.31. The topological polar surface area (TPSA) is 62.2 Å². The summed E-state index contributed by atoms with van der Waals surface area (Å²) in [6, 6.07) is 18.8. The fraction of sp³-hybridized carbons (Fsp3) is 0.312. The first-order valence-electron chi connectivity index (χ1n) is 13.0. The van der Waals surface area contributed by atoms with Gasteiger partial charge in [0, 0.05) is 29.3 Å². The molecular formula is C32H35NO4. The summed E-state index contributed by atoms with van der Waals surface area (Å²) in [5, 5.41) is 20.3. The zero-order valence-corrected chi connectivity index (χ0v) is 21.8. The molecule has 0 saturated carbocycles. The lowest BCUT2D eigenvalue weighted by atomic mass is 9.84. The predicted molar refractivity (Wildman–Crippen MR) is 149 cm³/mol. The number of nitrogens with zero attached hydrogens (tertiary/aromatic N) is 1. The lowest BCUT2D eigenvalue weighted by Crippen LogP contribution is -2.35. The van der Waals surface area contributed by atoms with E-state index in [-0.39, 0.29) is 11.5 Å². The highest BCUT2D eigenvalue weighted by molar-refractivity contribution is 5.96. The van der Waals surface area contributed by atoms with Gasteiger partial charge in [-0.15, -0.1) is 0 Å². The van der Waals surface area contributed by atoms with E-state index < -0.39 is 6.10 Å². The van der Waals surface area contributed by atoms with Crippen LogP contribution in [0.1, 0.15) is 55.5 Å². The molecule has 2 aliphatic rings. The summed E-state index contributed by atoms with van der Waals surface area (Å²) in [5.41, 5.74) is 5.50. The number of fused-ring (bicyclic) bond motifs is 1. The van der Waals surface area contributed by atoms with Gasteiger partial charge in [-0.2, -0.15) is 0 Å². The molecule has 2 heterocycles. The summed E-state index contributed by atoms with van der Waals surface area (Å²) in [6.45, 7) is 13.5. The highest BCUT2D eigenvalue weighted by atomic mass is 16.5. The van der Waals surface area contributed by atoms with Crippen LogP contribution in [0.4, 0.5) is 0 Å². The molecule has 3 aromatic rings. The zero-order valence-electron chi connectivity index (χ0n) is 21.8. The average molecular weight is 498 g/mol. The van der Waals surface area contributed by atoms with Crippen LogP contribution in [0.25, 0.3) is 17.2 Å². The molecule has 0 aliphatic carbocycles. The summed E-state index contributed by atoms with van der Waals surface area (Å²) in [4.78, 5) is 2.49. The van der Waals surface area contributed by atoms with Gasteiger partial charge < -0.3 is 19.7 Å². The Morgan fingerprint density at radius 1 is 1.11 bits per heavy atom. The monoisotopic (exact) mass is 497 g/mol. The number of aromatic hydroxyl groups is 2. The number of phenols is 2. The summed E-state index contributed by atoms with van der Waals surface area (Å²) in [6.07, 6.45) is 2.66. The lowest BCUT2D eigenvalue weighted by molar-refractivity contribution is 0.169. The molecule has 0 aromatic heterocycles. The maximum atomic E-state index is 10.2. The second-order valence-corrected chi connectivity index (χ2v) is 10.3. The number of ether oxygens (including phenoxy) is 2. The zero-order chi connectivity index (χ0) is 26.1. The standard InChI is InChI=1S/C32H35NO4/c1-5-23-16-27(36-19-21(3)33-14-13-20(2)18-33)10-11-28(23)32-31(24-7-6-8-25(34)15-24)22(4)29-17-26(35)9-12-30(29)37-32/h5-12,15-17,20-21,32,34-35H,1,13-14,18-19H2,2-4H3/t20-,21+,32?/m1/s1. The third-order valence-corrected chi connectivity index (χ3v) is 7.57. The maximum absolute atomic E-state index is 10.2. The largest absolute Gasteiger partial charge is 0.508 e. The number of likely N-dealkylation sites (tertiary alicyclic amines) is 1. The van der Waals surface area contributed by atoms with Crippen LogP contribution in [-0.2, 0) is 0 Å². The van der Waals surface area contributed by atoms with Gasteiger partial charge in [-0.05, 0) is 91.9 Å². The quantitative estimate of drug-likeness (QED) is 0.371. The van der Waals surface area contributed by atoms with Crippen LogP contribution in [0.2, 0.25) is 0 Å². The van der Waals surface area contributed by atoms with Gasteiger partial charge in [0.15, 0.2) is 6.10 Å². The Hall–Kier alpha value is -3.70. The number of hydrogen-bond acceptors (Lipinski definition) is 5. The average Bonchev–Trinajstić information content (AvgIpc) is 3.33. The van der Waals surface area contributed by atoms with Crippen molar-refractivity contribution in [2.45, 2.75) is 39.3 Å². The third-order valence-electron chi connectivity index (χ3n) is 7.57. The molecule has 1 unspecified atom stereocenters. The molecule has 2 aliphatic heterocycles. The molecule has 1 saturated heterocycles. The Morgan fingerprint density at radius 2 is 1.92 bits per heavy atom. The van der Waals surface area contributed by atoms with Crippen molar-refractivity contribution in [3.63, 3.8) is 0 Å². The normalized spacial score (nSPS) is 20.3. The van der Waals surface area contributed by atoms with Gasteiger partial charge in [-0.1, -0.05) is 37.8 Å². The number of phenolic OH excluding ortho intramolecular Hbond substituents is 2. The van der Waals surface area contributed by atoms with Gasteiger partial charge in [-0.25, -0.2) is 0 Å². The van der Waals surface area contributed by atoms with E-state index >= 15 is 0 Å². The van der Waals surface area contributed by atoms with Crippen LogP contribution in [0.15, 0.2) is 67.2 Å². The van der Waals surface area contributed by atoms with Crippen LogP contribution in [0.3, 0.4) is 0 Å². The Balaban J connectivity index is 1.48. The molecule has 2 N–H and O–H groups in total. The number of allylic oxidation sites excluding steroid dienone is 1. The van der Waals surface area contributed by atoms with Crippen molar-refractivity contribution in [3.05, 3.63) is 89.5 Å². The van der Waals surface area contributed by atoms with Gasteiger partial charge in [0.25, 0.3) is 0 Å². The van der Waals surface area contributed by atoms with E-state index in [4.69, 9.17) is 9.47 Å². The number of benzene rings is 3. The summed E-state index contributed by atoms with van der Waals surface area (Å²) in [7, 11) is 0. The summed E-state index contributed by atoms with van der Waals surface area (Å²) in [5.74, 6) is 2.62. The van der Waals surface area contributed by atoms with Crippen molar-refractivity contribution in [3.8, 4) is 23.0 Å². The first kappa shape index (κ1) is 25.0. The molecule has 37 heavy (non-hydrogen) atoms. The SMILES string of the molecule is C=Cc1cc(OC[C@H](C)N2CC[C@@H](C)C2)ccc1C1Oc2ccc(O)cc2C(C)=C1c1cccc(O)c1. The minimum atomic E-state index is -0.425. The fourth-order valence-corrected chi connectivity index (χ4v) is 5.45. The van der Waals surface area contributed by atoms with E-state index in [1.807, 2.05) is 43.3 Å². The second-order valence-electron chi connectivity index (χ2n) is 10.3. The van der Waals surface area contributed by atoms with E-state index in [0.717, 1.165) is 58.2 Å². The van der Waals surface area contributed by atoms with Gasteiger partial charge in [0.2, 0.25) is 0 Å². The minimum absolute atomic E-state index is 0.182. The van der Waals surface area contributed by atoms with Crippen molar-refractivity contribution in [1.82, 2.24) is 4.90 Å². The van der Waals surface area contributed by atoms with Gasteiger partial charge in [0.05, 0.1) is 0 Å². The van der Waals surface area contributed by atoms with Gasteiger partial charge in [0.1, 0.15) is 29.6 Å².